The van der Waals surface area contributed by atoms with Gasteiger partial charge in [0, 0.05) is 25.7 Å². The van der Waals surface area contributed by atoms with E-state index in [4.69, 9.17) is 9.47 Å². The summed E-state index contributed by atoms with van der Waals surface area (Å²) in [5, 5.41) is 3.33. The maximum atomic E-state index is 12.6. The highest BCUT2D eigenvalue weighted by Gasteiger charge is 2.14. The molecule has 0 saturated carbocycles. The Balaban J connectivity index is 4.14. The summed E-state index contributed by atoms with van der Waals surface area (Å²) in [6.45, 7) is 12.0. The smallest absolute Gasteiger partial charge is 0.305 e. The topological polar surface area (TPSA) is 67.9 Å². The Morgan fingerprint density at radius 2 is 0.887 bits per heavy atom. The number of hydrogen-bond acceptors (Lipinski definition) is 5. The van der Waals surface area contributed by atoms with Crippen LogP contribution in [0.4, 0.5) is 0 Å². The highest BCUT2D eigenvalue weighted by Crippen LogP contribution is 2.23. The molecule has 0 spiro atoms. The highest BCUT2D eigenvalue weighted by atomic mass is 16.5. The monoisotopic (exact) mass is 751 g/mol. The number of amides is 1. The number of carbonyl (C=O) groups excluding carboxylic acids is 2. The van der Waals surface area contributed by atoms with Crippen LogP contribution in [-0.4, -0.2) is 63.3 Å². The molecule has 0 aliphatic rings. The molecule has 1 atom stereocenters. The third kappa shape index (κ3) is 37.6. The van der Waals surface area contributed by atoms with Gasteiger partial charge in [0.1, 0.15) is 0 Å². The van der Waals surface area contributed by atoms with Gasteiger partial charge in [-0.25, -0.2) is 0 Å². The predicted molar refractivity (Wildman–Crippen MR) is 230 cm³/mol. The number of hydrogen-bond donors (Lipinski definition) is 1. The summed E-state index contributed by atoms with van der Waals surface area (Å²) in [7, 11) is 3.91. The zero-order chi connectivity index (χ0) is 39.0. The molecule has 6 nitrogen and oxygen atoms in total. The molecule has 316 valence electrons. The minimum Gasteiger partial charge on any atom is -0.466 e. The molecule has 0 heterocycles. The fraction of sp³-hybridized carbons (Fsp3) is 0.957. The minimum absolute atomic E-state index is 0.0162. The number of esters is 1. The average Bonchev–Trinajstić information content (AvgIpc) is 3.12. The third-order valence-corrected chi connectivity index (χ3v) is 11.2. The van der Waals surface area contributed by atoms with Crippen LogP contribution in [0.1, 0.15) is 233 Å². The Bertz CT molecular complexity index is 756. The summed E-state index contributed by atoms with van der Waals surface area (Å²) in [4.78, 5) is 26.9. The predicted octanol–water partition coefficient (Wildman–Crippen LogP) is 13.4. The van der Waals surface area contributed by atoms with Gasteiger partial charge < -0.3 is 19.7 Å². The van der Waals surface area contributed by atoms with Crippen molar-refractivity contribution >= 4 is 11.9 Å². The summed E-state index contributed by atoms with van der Waals surface area (Å²) in [6.07, 6.45) is 39.0. The Kier molecular flexibility index (Phi) is 39.6. The second kappa shape index (κ2) is 40.5. The summed E-state index contributed by atoms with van der Waals surface area (Å²) >= 11 is 0. The van der Waals surface area contributed by atoms with Gasteiger partial charge >= 0.3 is 5.97 Å². The fourth-order valence-corrected chi connectivity index (χ4v) is 7.70. The molecule has 0 aromatic rings. The van der Waals surface area contributed by atoms with Gasteiger partial charge in [0.05, 0.1) is 13.2 Å². The van der Waals surface area contributed by atoms with Gasteiger partial charge in [-0.05, 0) is 64.5 Å². The van der Waals surface area contributed by atoms with E-state index in [0.29, 0.717) is 25.5 Å². The maximum absolute atomic E-state index is 12.6. The zero-order valence-electron chi connectivity index (χ0n) is 36.8. The number of ether oxygens (including phenoxy) is 2. The van der Waals surface area contributed by atoms with Crippen LogP contribution in [0.25, 0.3) is 0 Å². The van der Waals surface area contributed by atoms with E-state index in [1.807, 2.05) is 19.0 Å². The Hall–Kier alpha value is -1.14. The van der Waals surface area contributed by atoms with E-state index in [9.17, 15) is 9.59 Å². The quantitative estimate of drug-likeness (QED) is 0.0497. The van der Waals surface area contributed by atoms with E-state index in [0.717, 1.165) is 70.5 Å². The van der Waals surface area contributed by atoms with Crippen molar-refractivity contribution in [3.05, 3.63) is 0 Å². The molecular formula is C47H94N2O4. The van der Waals surface area contributed by atoms with Gasteiger partial charge in [0.15, 0.2) is 0 Å². The second-order valence-corrected chi connectivity index (χ2v) is 16.8. The van der Waals surface area contributed by atoms with Crippen LogP contribution in [0, 0.1) is 11.8 Å². The van der Waals surface area contributed by atoms with Crippen LogP contribution in [0.3, 0.4) is 0 Å². The Labute approximate surface area is 331 Å². The SMILES string of the molecule is CCCCCC(CCCCC)CCOCCCCCCCCC(CCCCCCCC(=O)OCCC(CCCCC)CCCCC)NC(=O)CN(C)C. The van der Waals surface area contributed by atoms with Gasteiger partial charge in [-0.2, -0.15) is 0 Å². The molecule has 0 aromatic carbocycles. The van der Waals surface area contributed by atoms with Crippen LogP contribution in [0.5, 0.6) is 0 Å². The van der Waals surface area contributed by atoms with E-state index < -0.39 is 0 Å². The molecule has 0 fully saturated rings. The lowest BCUT2D eigenvalue weighted by atomic mass is 9.92. The van der Waals surface area contributed by atoms with Crippen molar-refractivity contribution in [1.82, 2.24) is 10.2 Å². The largest absolute Gasteiger partial charge is 0.466 e. The lowest BCUT2D eigenvalue weighted by Gasteiger charge is -2.20. The number of carbonyl (C=O) groups is 2. The van der Waals surface area contributed by atoms with Crippen LogP contribution in [-0.2, 0) is 19.1 Å². The van der Waals surface area contributed by atoms with Gasteiger partial charge in [0.2, 0.25) is 5.91 Å². The first-order valence-electron chi connectivity index (χ1n) is 23.5. The standard InChI is InChI=1S/C47H94N2O4/c1-7-11-22-30-43(31-23-12-8-2)37-40-52-39-29-21-16-15-18-26-34-45(48-46(50)42-49(5)6)35-27-19-17-20-28-36-47(51)53-41-38-44(32-24-13-9-3)33-25-14-10-4/h43-45H,7-42H2,1-6H3,(H,48,50). The van der Waals surface area contributed by atoms with Crippen molar-refractivity contribution in [2.75, 3.05) is 40.5 Å². The van der Waals surface area contributed by atoms with E-state index in [1.165, 1.54) is 148 Å². The van der Waals surface area contributed by atoms with Crippen molar-refractivity contribution in [1.29, 1.82) is 0 Å². The first kappa shape index (κ1) is 51.9. The molecule has 1 amide bonds. The molecular weight excluding hydrogens is 657 g/mol. The van der Waals surface area contributed by atoms with Gasteiger partial charge in [-0.15, -0.1) is 0 Å². The normalized spacial score (nSPS) is 12.3. The molecule has 0 aliphatic heterocycles. The molecule has 53 heavy (non-hydrogen) atoms. The lowest BCUT2D eigenvalue weighted by molar-refractivity contribution is -0.144. The van der Waals surface area contributed by atoms with Gasteiger partial charge in [-0.1, -0.05) is 188 Å². The third-order valence-electron chi connectivity index (χ3n) is 11.2. The summed E-state index contributed by atoms with van der Waals surface area (Å²) in [5.74, 6) is 1.69. The Morgan fingerprint density at radius 3 is 1.36 bits per heavy atom. The number of nitrogens with one attached hydrogen (secondary N) is 1. The molecule has 0 bridgehead atoms. The first-order valence-corrected chi connectivity index (χ1v) is 23.5. The maximum Gasteiger partial charge on any atom is 0.305 e. The number of rotatable bonds is 42. The Morgan fingerprint density at radius 1 is 0.472 bits per heavy atom. The summed E-state index contributed by atoms with van der Waals surface area (Å²) in [6, 6.07) is 0.270. The van der Waals surface area contributed by atoms with Crippen molar-refractivity contribution in [2.45, 2.75) is 239 Å². The number of nitrogens with zero attached hydrogens (tertiary/aromatic N) is 1. The van der Waals surface area contributed by atoms with Crippen molar-refractivity contribution in [3.63, 3.8) is 0 Å². The van der Waals surface area contributed by atoms with Crippen molar-refractivity contribution in [3.8, 4) is 0 Å². The average molecular weight is 751 g/mol. The molecule has 0 radical (unpaired) electrons. The molecule has 0 saturated heterocycles. The summed E-state index contributed by atoms with van der Waals surface area (Å²) in [5.41, 5.74) is 0. The number of likely N-dealkylation sites (N-methyl/N-ethyl adjacent to an activating group) is 1. The lowest BCUT2D eigenvalue weighted by Crippen LogP contribution is -2.40. The van der Waals surface area contributed by atoms with Gasteiger partial charge in [0.25, 0.3) is 0 Å². The van der Waals surface area contributed by atoms with E-state index in [1.54, 1.807) is 0 Å². The van der Waals surface area contributed by atoms with Crippen LogP contribution in [0.2, 0.25) is 0 Å². The summed E-state index contributed by atoms with van der Waals surface area (Å²) < 4.78 is 11.7. The number of unbranched alkanes of at least 4 members (excludes halogenated alkanes) is 17. The second-order valence-electron chi connectivity index (χ2n) is 16.8. The van der Waals surface area contributed by atoms with E-state index >= 15 is 0 Å². The molecule has 1 N–H and O–H groups in total. The minimum atomic E-state index is -0.0162. The van der Waals surface area contributed by atoms with Crippen LogP contribution < -0.4 is 5.32 Å². The van der Waals surface area contributed by atoms with E-state index in [-0.39, 0.29) is 17.9 Å². The first-order chi connectivity index (χ1) is 25.9. The molecule has 0 aliphatic carbocycles. The van der Waals surface area contributed by atoms with Crippen molar-refractivity contribution in [2.24, 2.45) is 11.8 Å². The molecule has 1 unspecified atom stereocenters. The highest BCUT2D eigenvalue weighted by molar-refractivity contribution is 5.78. The zero-order valence-corrected chi connectivity index (χ0v) is 36.8. The molecule has 0 aromatic heterocycles. The molecule has 6 heteroatoms. The van der Waals surface area contributed by atoms with Crippen LogP contribution >= 0.6 is 0 Å². The van der Waals surface area contributed by atoms with Crippen molar-refractivity contribution < 1.29 is 19.1 Å². The fourth-order valence-electron chi connectivity index (χ4n) is 7.70. The van der Waals surface area contributed by atoms with Gasteiger partial charge in [-0.3, -0.25) is 9.59 Å². The van der Waals surface area contributed by atoms with E-state index in [2.05, 4.69) is 33.0 Å². The van der Waals surface area contributed by atoms with Crippen LogP contribution in [0.15, 0.2) is 0 Å². The molecule has 0 rings (SSSR count).